The van der Waals surface area contributed by atoms with Gasteiger partial charge in [-0.15, -0.1) is 0 Å². The van der Waals surface area contributed by atoms with Crippen LogP contribution in [0.25, 0.3) is 0 Å². The van der Waals surface area contributed by atoms with Gasteiger partial charge in [-0.3, -0.25) is 0 Å². The molecule has 1 N–H and O–H groups in total. The van der Waals surface area contributed by atoms with Crippen molar-refractivity contribution in [2.24, 2.45) is 0 Å². The Hall–Kier alpha value is -0.720. The zero-order valence-corrected chi connectivity index (χ0v) is 13.7. The summed E-state index contributed by atoms with van der Waals surface area (Å²) in [7, 11) is 0. The van der Waals surface area contributed by atoms with E-state index in [-0.39, 0.29) is 6.04 Å². The zero-order valence-electron chi connectivity index (χ0n) is 10.8. The maximum Gasteiger partial charge on any atom is 0.131 e. The molecule has 0 aliphatic heterocycles. The minimum atomic E-state index is -0.581. The molecule has 0 radical (unpaired) electrons. The van der Waals surface area contributed by atoms with Crippen LogP contribution in [0.3, 0.4) is 0 Å². The van der Waals surface area contributed by atoms with Gasteiger partial charge in [-0.25, -0.2) is 8.78 Å². The van der Waals surface area contributed by atoms with E-state index in [2.05, 4.69) is 27.9 Å². The zero-order chi connectivity index (χ0) is 14.7. The lowest BCUT2D eigenvalue weighted by Crippen LogP contribution is -2.23. The van der Waals surface area contributed by atoms with Crippen LogP contribution >= 0.6 is 34.2 Å². The van der Waals surface area contributed by atoms with Crippen molar-refractivity contribution in [2.45, 2.75) is 13.0 Å². The van der Waals surface area contributed by atoms with Crippen LogP contribution in [0, 0.1) is 15.2 Å². The second-order valence-electron chi connectivity index (χ2n) is 4.33. The van der Waals surface area contributed by atoms with Crippen LogP contribution in [0.15, 0.2) is 36.4 Å². The van der Waals surface area contributed by atoms with Gasteiger partial charge in [0.05, 0.1) is 11.1 Å². The fourth-order valence-electron chi connectivity index (χ4n) is 2.04. The summed E-state index contributed by atoms with van der Waals surface area (Å²) in [4.78, 5) is 0. The average Bonchev–Trinajstić information content (AvgIpc) is 2.40. The van der Waals surface area contributed by atoms with Gasteiger partial charge in [0.25, 0.3) is 0 Å². The fraction of sp³-hybridized carbons (Fsp3) is 0.200. The largest absolute Gasteiger partial charge is 0.306 e. The van der Waals surface area contributed by atoms with Crippen LogP contribution in [0.2, 0.25) is 5.02 Å². The standard InChI is InChI=1S/C15H13ClF2IN/c1-2-20-15(9-3-6-14(19)12(16)7-9)11-5-4-10(17)8-13(11)18/h3-8,15,20H,2H2,1H3. The maximum absolute atomic E-state index is 14.0. The molecule has 2 aromatic carbocycles. The van der Waals surface area contributed by atoms with Crippen LogP contribution in [0.5, 0.6) is 0 Å². The van der Waals surface area contributed by atoms with Crippen LogP contribution < -0.4 is 5.32 Å². The highest BCUT2D eigenvalue weighted by molar-refractivity contribution is 14.1. The highest BCUT2D eigenvalue weighted by Crippen LogP contribution is 2.29. The van der Waals surface area contributed by atoms with E-state index in [1.165, 1.54) is 12.1 Å². The first-order valence-corrected chi connectivity index (χ1v) is 7.62. The molecule has 1 atom stereocenters. The quantitative estimate of drug-likeness (QED) is 0.709. The lowest BCUT2D eigenvalue weighted by atomic mass is 9.98. The van der Waals surface area contributed by atoms with Gasteiger partial charge < -0.3 is 5.32 Å². The minimum Gasteiger partial charge on any atom is -0.306 e. The van der Waals surface area contributed by atoms with E-state index in [0.29, 0.717) is 17.1 Å². The normalized spacial score (nSPS) is 12.4. The molecule has 2 rings (SSSR count). The SMILES string of the molecule is CCNC(c1ccc(I)c(Cl)c1)c1ccc(F)cc1F. The first kappa shape index (κ1) is 15.7. The predicted octanol–water partition coefficient (Wildman–Crippen LogP) is 4.92. The second-order valence-corrected chi connectivity index (χ2v) is 5.90. The summed E-state index contributed by atoms with van der Waals surface area (Å²) in [5, 5.41) is 3.82. The number of hydrogen-bond acceptors (Lipinski definition) is 1. The maximum atomic E-state index is 14.0. The van der Waals surface area contributed by atoms with Crippen LogP contribution in [-0.2, 0) is 0 Å². The molecule has 5 heteroatoms. The number of hydrogen-bond donors (Lipinski definition) is 1. The van der Waals surface area contributed by atoms with Crippen LogP contribution in [0.4, 0.5) is 8.78 Å². The first-order valence-electron chi connectivity index (χ1n) is 6.16. The van der Waals surface area contributed by atoms with Crippen molar-refractivity contribution in [1.29, 1.82) is 0 Å². The summed E-state index contributed by atoms with van der Waals surface area (Å²) < 4.78 is 27.9. The molecule has 0 saturated heterocycles. The van der Waals surface area contributed by atoms with Crippen molar-refractivity contribution in [2.75, 3.05) is 6.54 Å². The summed E-state index contributed by atoms with van der Waals surface area (Å²) in [5.74, 6) is -1.15. The number of benzene rings is 2. The highest BCUT2D eigenvalue weighted by atomic mass is 127. The molecular weight excluding hydrogens is 395 g/mol. The Morgan fingerprint density at radius 3 is 2.55 bits per heavy atom. The van der Waals surface area contributed by atoms with E-state index in [1.807, 2.05) is 19.1 Å². The molecule has 0 aliphatic carbocycles. The first-order chi connectivity index (χ1) is 9.52. The predicted molar refractivity (Wildman–Crippen MR) is 86.0 cm³/mol. The van der Waals surface area contributed by atoms with Crippen molar-refractivity contribution < 1.29 is 8.78 Å². The van der Waals surface area contributed by atoms with E-state index in [9.17, 15) is 8.78 Å². The van der Waals surface area contributed by atoms with Crippen molar-refractivity contribution in [3.05, 3.63) is 67.8 Å². The molecule has 1 nitrogen and oxygen atoms in total. The average molecular weight is 408 g/mol. The van der Waals surface area contributed by atoms with Crippen LogP contribution in [0.1, 0.15) is 24.1 Å². The van der Waals surface area contributed by atoms with Gasteiger partial charge in [0, 0.05) is 15.2 Å². The molecule has 1 unspecified atom stereocenters. The molecular formula is C15H13ClF2IN. The summed E-state index contributed by atoms with van der Waals surface area (Å²) in [6, 6.07) is 8.84. The van der Waals surface area contributed by atoms with E-state index in [0.717, 1.165) is 15.2 Å². The molecule has 20 heavy (non-hydrogen) atoms. The third-order valence-corrected chi connectivity index (χ3v) is 4.53. The van der Waals surface area contributed by atoms with E-state index in [4.69, 9.17) is 11.6 Å². The molecule has 0 aliphatic rings. The van der Waals surface area contributed by atoms with Gasteiger partial charge in [0.15, 0.2) is 0 Å². The summed E-state index contributed by atoms with van der Waals surface area (Å²) in [6.45, 7) is 2.59. The molecule has 0 spiro atoms. The van der Waals surface area contributed by atoms with E-state index < -0.39 is 11.6 Å². The summed E-state index contributed by atoms with van der Waals surface area (Å²) in [5.41, 5.74) is 1.26. The number of nitrogens with one attached hydrogen (secondary N) is 1. The number of rotatable bonds is 4. The summed E-state index contributed by atoms with van der Waals surface area (Å²) >= 11 is 8.26. The van der Waals surface area contributed by atoms with Crippen LogP contribution in [-0.4, -0.2) is 6.54 Å². The topological polar surface area (TPSA) is 12.0 Å². The lowest BCUT2D eigenvalue weighted by molar-refractivity contribution is 0.541. The Labute approximate surface area is 135 Å². The molecule has 2 aromatic rings. The number of halogens is 4. The Balaban J connectivity index is 2.47. The minimum absolute atomic E-state index is 0.352. The van der Waals surface area contributed by atoms with Crippen molar-refractivity contribution in [3.8, 4) is 0 Å². The van der Waals surface area contributed by atoms with Gasteiger partial charge in [-0.1, -0.05) is 30.7 Å². The highest BCUT2D eigenvalue weighted by Gasteiger charge is 2.18. The van der Waals surface area contributed by atoms with Crippen molar-refractivity contribution in [1.82, 2.24) is 5.32 Å². The van der Waals surface area contributed by atoms with Gasteiger partial charge >= 0.3 is 0 Å². The molecule has 0 aromatic heterocycles. The molecule has 0 bridgehead atoms. The summed E-state index contributed by atoms with van der Waals surface area (Å²) in [6.07, 6.45) is 0. The van der Waals surface area contributed by atoms with Gasteiger partial charge in [0.1, 0.15) is 11.6 Å². The van der Waals surface area contributed by atoms with E-state index >= 15 is 0 Å². The van der Waals surface area contributed by atoms with Crippen molar-refractivity contribution >= 4 is 34.2 Å². The third kappa shape index (κ3) is 3.48. The smallest absolute Gasteiger partial charge is 0.131 e. The van der Waals surface area contributed by atoms with E-state index in [1.54, 1.807) is 6.07 Å². The van der Waals surface area contributed by atoms with Crippen molar-refractivity contribution in [3.63, 3.8) is 0 Å². The molecule has 106 valence electrons. The van der Waals surface area contributed by atoms with Gasteiger partial charge in [-0.05, 0) is 52.9 Å². The Kier molecular flexibility index (Phi) is 5.35. The van der Waals surface area contributed by atoms with Gasteiger partial charge in [-0.2, -0.15) is 0 Å². The Morgan fingerprint density at radius 2 is 1.95 bits per heavy atom. The monoisotopic (exact) mass is 407 g/mol. The Bertz CT molecular complexity index is 619. The third-order valence-electron chi connectivity index (χ3n) is 2.96. The Morgan fingerprint density at radius 1 is 1.20 bits per heavy atom. The molecule has 0 saturated carbocycles. The lowest BCUT2D eigenvalue weighted by Gasteiger charge is -2.20. The molecule has 0 heterocycles. The molecule has 0 fully saturated rings. The second kappa shape index (κ2) is 6.83. The molecule has 0 amide bonds. The van der Waals surface area contributed by atoms with Gasteiger partial charge in [0.2, 0.25) is 0 Å². The fourth-order valence-corrected chi connectivity index (χ4v) is 2.56.